The Balaban J connectivity index is 2.21. The van der Waals surface area contributed by atoms with E-state index in [1.165, 1.54) is 26.4 Å². The van der Waals surface area contributed by atoms with E-state index in [1.54, 1.807) is 31.2 Å². The Morgan fingerprint density at radius 3 is 2.36 bits per heavy atom. The van der Waals surface area contributed by atoms with Gasteiger partial charge in [-0.05, 0) is 36.8 Å². The van der Waals surface area contributed by atoms with Crippen molar-refractivity contribution >= 4 is 33.1 Å². The van der Waals surface area contributed by atoms with Crippen LogP contribution in [0.4, 0.5) is 11.4 Å². The molecule has 0 radical (unpaired) electrons. The van der Waals surface area contributed by atoms with Gasteiger partial charge < -0.3 is 20.1 Å². The van der Waals surface area contributed by atoms with E-state index in [9.17, 15) is 18.0 Å². The Kier molecular flexibility index (Phi) is 6.63. The first-order valence-electron chi connectivity index (χ1n) is 8.27. The summed E-state index contributed by atoms with van der Waals surface area (Å²) in [7, 11) is -0.899. The van der Waals surface area contributed by atoms with Gasteiger partial charge in [-0.25, -0.2) is 13.2 Å². The minimum Gasteiger partial charge on any atom is -0.493 e. The van der Waals surface area contributed by atoms with Crippen LogP contribution in [-0.2, 0) is 19.4 Å². The van der Waals surface area contributed by atoms with Crippen LogP contribution in [0.1, 0.15) is 15.9 Å². The fourth-order valence-electron chi connectivity index (χ4n) is 2.61. The molecule has 0 heterocycles. The van der Waals surface area contributed by atoms with Crippen molar-refractivity contribution in [1.82, 2.24) is 0 Å². The van der Waals surface area contributed by atoms with Gasteiger partial charge >= 0.3 is 5.97 Å². The highest BCUT2D eigenvalue weighted by molar-refractivity contribution is 7.90. The molecule has 0 aliphatic carbocycles. The van der Waals surface area contributed by atoms with Gasteiger partial charge in [0.15, 0.2) is 15.6 Å². The zero-order valence-electron chi connectivity index (χ0n) is 16.0. The summed E-state index contributed by atoms with van der Waals surface area (Å²) in [5.41, 5.74) is 1.61. The van der Waals surface area contributed by atoms with Crippen molar-refractivity contribution in [1.29, 1.82) is 0 Å². The Morgan fingerprint density at radius 1 is 1.07 bits per heavy atom. The van der Waals surface area contributed by atoms with Gasteiger partial charge in [-0.1, -0.05) is 12.1 Å². The van der Waals surface area contributed by atoms with Gasteiger partial charge in [0.2, 0.25) is 5.91 Å². The Labute approximate surface area is 163 Å². The number of esters is 1. The molecule has 0 aliphatic rings. The van der Waals surface area contributed by atoms with Crippen molar-refractivity contribution in [2.24, 2.45) is 0 Å². The lowest BCUT2D eigenvalue weighted by Gasteiger charge is -2.16. The summed E-state index contributed by atoms with van der Waals surface area (Å²) < 4.78 is 33.9. The summed E-state index contributed by atoms with van der Waals surface area (Å²) >= 11 is 0. The van der Waals surface area contributed by atoms with Gasteiger partial charge in [-0.2, -0.15) is 0 Å². The first-order valence-corrected chi connectivity index (χ1v) is 10.2. The second-order valence-electron chi connectivity index (χ2n) is 6.05. The molecule has 0 fully saturated rings. The monoisotopic (exact) mass is 406 g/mol. The van der Waals surface area contributed by atoms with Gasteiger partial charge in [-0.3, -0.25) is 4.79 Å². The summed E-state index contributed by atoms with van der Waals surface area (Å²) in [6, 6.07) is 9.65. The van der Waals surface area contributed by atoms with Gasteiger partial charge in [-0.15, -0.1) is 0 Å². The molecule has 0 aromatic heterocycles. The quantitative estimate of drug-likeness (QED) is 0.679. The predicted molar refractivity (Wildman–Crippen MR) is 106 cm³/mol. The highest BCUT2D eigenvalue weighted by Crippen LogP contribution is 2.33. The molecular formula is C19H22N2O6S. The van der Waals surface area contributed by atoms with Gasteiger partial charge in [0.1, 0.15) is 4.90 Å². The summed E-state index contributed by atoms with van der Waals surface area (Å²) in [6.45, 7) is 1.57. The average Bonchev–Trinajstić information content (AvgIpc) is 2.65. The van der Waals surface area contributed by atoms with Crippen LogP contribution in [0.5, 0.6) is 5.75 Å². The normalized spacial score (nSPS) is 10.9. The third-order valence-corrected chi connectivity index (χ3v) is 4.95. The Hall–Kier alpha value is -3.07. The maximum atomic E-state index is 12.3. The number of rotatable bonds is 7. The van der Waals surface area contributed by atoms with Crippen LogP contribution in [0.2, 0.25) is 0 Å². The van der Waals surface area contributed by atoms with Crippen LogP contribution in [-0.4, -0.2) is 47.3 Å². The smallest absolute Gasteiger partial charge is 0.339 e. The molecule has 150 valence electrons. The zero-order valence-corrected chi connectivity index (χ0v) is 16.8. The van der Waals surface area contributed by atoms with E-state index in [0.29, 0.717) is 16.9 Å². The summed E-state index contributed by atoms with van der Waals surface area (Å²) in [5, 5.41) is 5.51. The van der Waals surface area contributed by atoms with Crippen molar-refractivity contribution < 1.29 is 27.5 Å². The maximum Gasteiger partial charge on any atom is 0.339 e. The fraction of sp³-hybridized carbons (Fsp3) is 0.263. The molecule has 0 saturated heterocycles. The van der Waals surface area contributed by atoms with E-state index in [1.807, 2.05) is 0 Å². The van der Waals surface area contributed by atoms with Gasteiger partial charge in [0.25, 0.3) is 0 Å². The minimum atomic E-state index is -3.51. The molecule has 0 spiro atoms. The molecule has 0 aliphatic heterocycles. The number of carbonyl (C=O) groups is 2. The van der Waals surface area contributed by atoms with E-state index < -0.39 is 21.7 Å². The third kappa shape index (κ3) is 5.01. The van der Waals surface area contributed by atoms with Crippen LogP contribution in [0, 0.1) is 6.92 Å². The molecule has 0 saturated carbocycles. The van der Waals surface area contributed by atoms with Crippen molar-refractivity contribution in [2.75, 3.05) is 37.7 Å². The van der Waals surface area contributed by atoms with Crippen molar-refractivity contribution in [3.05, 3.63) is 47.5 Å². The molecule has 2 rings (SSSR count). The number of benzene rings is 2. The molecule has 9 heteroatoms. The molecule has 0 unspecified atom stereocenters. The lowest BCUT2D eigenvalue weighted by atomic mass is 10.2. The number of carbonyl (C=O) groups excluding carboxylic acids is 2. The number of anilines is 2. The number of aryl methyl sites for hydroxylation is 1. The summed E-state index contributed by atoms with van der Waals surface area (Å²) in [6.07, 6.45) is 1.09. The molecule has 2 aromatic rings. The lowest BCUT2D eigenvalue weighted by molar-refractivity contribution is -0.114. The molecule has 0 bridgehead atoms. The number of methoxy groups -OCH3 is 2. The predicted octanol–water partition coefficient (Wildman–Crippen LogP) is 2.24. The van der Waals surface area contributed by atoms with E-state index >= 15 is 0 Å². The van der Waals surface area contributed by atoms with Gasteiger partial charge in [0.05, 0.1) is 37.7 Å². The molecule has 2 aromatic carbocycles. The number of sulfone groups is 1. The third-order valence-electron chi connectivity index (χ3n) is 3.85. The first kappa shape index (κ1) is 21.2. The number of hydrogen-bond donors (Lipinski definition) is 2. The van der Waals surface area contributed by atoms with Crippen LogP contribution >= 0.6 is 0 Å². The van der Waals surface area contributed by atoms with Gasteiger partial charge in [0, 0.05) is 6.26 Å². The Morgan fingerprint density at radius 2 is 1.75 bits per heavy atom. The second kappa shape index (κ2) is 8.75. The number of para-hydroxylation sites is 1. The fourth-order valence-corrected chi connectivity index (χ4v) is 3.54. The number of ether oxygens (including phenoxy) is 2. The SMILES string of the molecule is COC(=O)c1ccccc1NC(=O)CNc1cc(C)cc(S(C)(=O)=O)c1OC. The van der Waals surface area contributed by atoms with Crippen LogP contribution < -0.4 is 15.4 Å². The molecule has 28 heavy (non-hydrogen) atoms. The number of hydrogen-bond acceptors (Lipinski definition) is 7. The largest absolute Gasteiger partial charge is 0.493 e. The molecule has 1 amide bonds. The average molecular weight is 406 g/mol. The summed E-state index contributed by atoms with van der Waals surface area (Å²) in [5.74, 6) is -0.862. The minimum absolute atomic E-state index is 0.0361. The van der Waals surface area contributed by atoms with E-state index in [2.05, 4.69) is 10.6 Å². The second-order valence-corrected chi connectivity index (χ2v) is 8.04. The zero-order chi connectivity index (χ0) is 20.9. The van der Waals surface area contributed by atoms with E-state index in [4.69, 9.17) is 9.47 Å². The van der Waals surface area contributed by atoms with Crippen molar-refractivity contribution in [3.8, 4) is 5.75 Å². The maximum absolute atomic E-state index is 12.3. The number of nitrogens with one attached hydrogen (secondary N) is 2. The van der Waals surface area contributed by atoms with E-state index in [-0.39, 0.29) is 22.8 Å². The van der Waals surface area contributed by atoms with Crippen LogP contribution in [0.25, 0.3) is 0 Å². The lowest BCUT2D eigenvalue weighted by Crippen LogP contribution is -2.23. The highest BCUT2D eigenvalue weighted by atomic mass is 32.2. The molecule has 2 N–H and O–H groups in total. The number of amides is 1. The van der Waals surface area contributed by atoms with Crippen molar-refractivity contribution in [2.45, 2.75) is 11.8 Å². The van der Waals surface area contributed by atoms with Crippen molar-refractivity contribution in [3.63, 3.8) is 0 Å². The summed E-state index contributed by atoms with van der Waals surface area (Å²) in [4.78, 5) is 24.2. The molecular weight excluding hydrogens is 384 g/mol. The Bertz CT molecular complexity index is 1000. The van der Waals surface area contributed by atoms with Crippen LogP contribution in [0.3, 0.4) is 0 Å². The highest BCUT2D eigenvalue weighted by Gasteiger charge is 2.19. The topological polar surface area (TPSA) is 111 Å². The molecule has 8 nitrogen and oxygen atoms in total. The molecule has 0 atom stereocenters. The first-order chi connectivity index (χ1) is 13.2. The van der Waals surface area contributed by atoms with Crippen LogP contribution in [0.15, 0.2) is 41.3 Å². The standard InChI is InChI=1S/C19H22N2O6S/c1-12-9-15(18(26-2)16(10-12)28(4,24)25)20-11-17(22)21-14-8-6-5-7-13(14)19(23)27-3/h5-10,20H,11H2,1-4H3,(H,21,22). The van der Waals surface area contributed by atoms with E-state index in [0.717, 1.165) is 6.26 Å².